The number of carbonyl (C=O) groups is 2. The Hall–Kier alpha value is -1.06. The Balaban J connectivity index is 1.48. The molecule has 122 valence electrons. The van der Waals surface area contributed by atoms with Crippen LogP contribution in [0.2, 0.25) is 0 Å². The largest absolute Gasteiger partial charge is 0.458 e. The van der Waals surface area contributed by atoms with Gasteiger partial charge in [0.2, 0.25) is 0 Å². The molecule has 2 heterocycles. The van der Waals surface area contributed by atoms with Crippen molar-refractivity contribution in [3.63, 3.8) is 0 Å². The summed E-state index contributed by atoms with van der Waals surface area (Å²) in [6.45, 7) is 2.16. The predicted molar refractivity (Wildman–Crippen MR) is 79.8 cm³/mol. The molecule has 0 amide bonds. The molecule has 7 unspecified atom stereocenters. The van der Waals surface area contributed by atoms with Crippen molar-refractivity contribution < 1.29 is 19.1 Å². The van der Waals surface area contributed by atoms with E-state index in [1.165, 1.54) is 6.42 Å². The van der Waals surface area contributed by atoms with Crippen LogP contribution in [0.3, 0.4) is 0 Å². The minimum atomic E-state index is -0.188. The Morgan fingerprint density at radius 1 is 1.14 bits per heavy atom. The van der Waals surface area contributed by atoms with Crippen molar-refractivity contribution in [3.05, 3.63) is 0 Å². The van der Waals surface area contributed by atoms with E-state index in [1.807, 2.05) is 0 Å². The maximum absolute atomic E-state index is 12.6. The van der Waals surface area contributed by atoms with Crippen LogP contribution in [0.5, 0.6) is 0 Å². The molecule has 22 heavy (non-hydrogen) atoms. The highest BCUT2D eigenvalue weighted by Gasteiger charge is 2.52. The molecule has 5 rings (SSSR count). The summed E-state index contributed by atoms with van der Waals surface area (Å²) in [5.74, 6) is 1.33. The Labute approximate surface area is 131 Å². The van der Waals surface area contributed by atoms with E-state index in [-0.39, 0.29) is 36.0 Å². The average Bonchev–Trinajstić information content (AvgIpc) is 2.65. The summed E-state index contributed by atoms with van der Waals surface area (Å²) in [6, 6.07) is 0. The molecular weight excluding hydrogens is 280 g/mol. The second-order valence-corrected chi connectivity index (χ2v) is 8.01. The number of hydrogen-bond donors (Lipinski definition) is 0. The van der Waals surface area contributed by atoms with Gasteiger partial charge in [0.1, 0.15) is 12.2 Å². The van der Waals surface area contributed by atoms with Gasteiger partial charge in [0, 0.05) is 5.92 Å². The molecule has 0 aromatic carbocycles. The summed E-state index contributed by atoms with van der Waals surface area (Å²) in [7, 11) is 0. The Kier molecular flexibility index (Phi) is 3.66. The number of rotatable bonds is 2. The monoisotopic (exact) mass is 306 g/mol. The van der Waals surface area contributed by atoms with Crippen molar-refractivity contribution in [2.24, 2.45) is 29.6 Å². The molecule has 2 aliphatic heterocycles. The Bertz CT molecular complexity index is 474. The zero-order valence-electron chi connectivity index (χ0n) is 13.3. The lowest BCUT2D eigenvalue weighted by molar-refractivity contribution is -0.178. The molecule has 5 aliphatic rings. The van der Waals surface area contributed by atoms with Gasteiger partial charge in [-0.15, -0.1) is 0 Å². The van der Waals surface area contributed by atoms with E-state index in [9.17, 15) is 9.59 Å². The quantitative estimate of drug-likeness (QED) is 0.736. The fourth-order valence-corrected chi connectivity index (χ4v) is 5.32. The first-order valence-corrected chi connectivity index (χ1v) is 9.03. The van der Waals surface area contributed by atoms with Gasteiger partial charge < -0.3 is 9.47 Å². The predicted octanol–water partition coefficient (Wildman–Crippen LogP) is 3.09. The van der Waals surface area contributed by atoms with E-state index in [0.717, 1.165) is 44.9 Å². The summed E-state index contributed by atoms with van der Waals surface area (Å²) in [4.78, 5) is 24.7. The van der Waals surface area contributed by atoms with Crippen molar-refractivity contribution in [2.45, 2.75) is 70.5 Å². The normalized spacial score (nSPS) is 47.0. The summed E-state index contributed by atoms with van der Waals surface area (Å²) >= 11 is 0. The van der Waals surface area contributed by atoms with E-state index in [2.05, 4.69) is 6.92 Å². The van der Waals surface area contributed by atoms with Crippen molar-refractivity contribution >= 4 is 11.9 Å². The van der Waals surface area contributed by atoms with E-state index < -0.39 is 0 Å². The lowest BCUT2D eigenvalue weighted by Gasteiger charge is -2.42. The van der Waals surface area contributed by atoms with Gasteiger partial charge in [-0.1, -0.05) is 19.8 Å². The number of carbonyl (C=O) groups excluding carboxylic acids is 2. The molecule has 0 N–H and O–H groups in total. The van der Waals surface area contributed by atoms with Gasteiger partial charge in [-0.3, -0.25) is 9.59 Å². The van der Waals surface area contributed by atoms with Crippen LogP contribution in [0.25, 0.3) is 0 Å². The van der Waals surface area contributed by atoms with Crippen molar-refractivity contribution in [1.29, 1.82) is 0 Å². The molecule has 0 aromatic heterocycles. The highest BCUT2D eigenvalue weighted by atomic mass is 16.6. The van der Waals surface area contributed by atoms with E-state index >= 15 is 0 Å². The molecule has 4 heteroatoms. The average molecular weight is 306 g/mol. The van der Waals surface area contributed by atoms with Crippen molar-refractivity contribution in [1.82, 2.24) is 0 Å². The van der Waals surface area contributed by atoms with Crippen LogP contribution < -0.4 is 0 Å². The van der Waals surface area contributed by atoms with Crippen LogP contribution in [0.4, 0.5) is 0 Å². The molecule has 3 saturated carbocycles. The number of esters is 2. The van der Waals surface area contributed by atoms with Crippen LogP contribution in [0.1, 0.15) is 58.3 Å². The number of hydrogen-bond acceptors (Lipinski definition) is 4. The highest BCUT2D eigenvalue weighted by molar-refractivity contribution is 5.75. The third kappa shape index (κ3) is 2.44. The van der Waals surface area contributed by atoms with Crippen LogP contribution in [0, 0.1) is 29.6 Å². The fraction of sp³-hybridized carbons (Fsp3) is 0.889. The van der Waals surface area contributed by atoms with Gasteiger partial charge in [0.15, 0.2) is 0 Å². The third-order valence-corrected chi connectivity index (χ3v) is 6.51. The summed E-state index contributed by atoms with van der Waals surface area (Å²) in [5, 5.41) is 0. The standard InChI is InChI=1S/C18H26O4/c1-10-4-2-3-5-14(10)18(20)22-16-12-6-11-7-13(9-12)17(19)21-15(16)8-11/h10-16H,2-9H2,1H3. The van der Waals surface area contributed by atoms with Gasteiger partial charge in [0.05, 0.1) is 11.8 Å². The summed E-state index contributed by atoms with van der Waals surface area (Å²) < 4.78 is 11.6. The van der Waals surface area contributed by atoms with Gasteiger partial charge in [-0.25, -0.2) is 0 Å². The molecule has 0 aromatic rings. The number of ether oxygens (including phenoxy) is 2. The van der Waals surface area contributed by atoms with Crippen LogP contribution in [-0.2, 0) is 19.1 Å². The fourth-order valence-electron chi connectivity index (χ4n) is 5.32. The minimum absolute atomic E-state index is 0.0410. The first-order valence-electron chi connectivity index (χ1n) is 9.03. The van der Waals surface area contributed by atoms with Crippen molar-refractivity contribution in [3.8, 4) is 0 Å². The zero-order valence-corrected chi connectivity index (χ0v) is 13.3. The van der Waals surface area contributed by atoms with Gasteiger partial charge in [0.25, 0.3) is 0 Å². The van der Waals surface area contributed by atoms with Crippen LogP contribution in [0.15, 0.2) is 0 Å². The van der Waals surface area contributed by atoms with E-state index in [0.29, 0.717) is 17.8 Å². The lowest BCUT2D eigenvalue weighted by atomic mass is 9.67. The van der Waals surface area contributed by atoms with Crippen LogP contribution in [-0.4, -0.2) is 24.1 Å². The molecule has 4 bridgehead atoms. The first kappa shape index (κ1) is 14.5. The third-order valence-electron chi connectivity index (χ3n) is 6.51. The second kappa shape index (κ2) is 5.54. The number of fused-ring (bicyclic) bond motifs is 1. The minimum Gasteiger partial charge on any atom is -0.458 e. The maximum atomic E-state index is 12.6. The van der Waals surface area contributed by atoms with Gasteiger partial charge >= 0.3 is 11.9 Å². The SMILES string of the molecule is CC1CCCCC1C(=O)OC1C2CC3CC(C2)C(=O)OC1C3. The highest BCUT2D eigenvalue weighted by Crippen LogP contribution is 2.48. The maximum Gasteiger partial charge on any atom is 0.309 e. The topological polar surface area (TPSA) is 52.6 Å². The molecule has 2 saturated heterocycles. The summed E-state index contributed by atoms with van der Waals surface area (Å²) in [6.07, 6.45) is 7.86. The van der Waals surface area contributed by atoms with Crippen molar-refractivity contribution in [2.75, 3.05) is 0 Å². The smallest absolute Gasteiger partial charge is 0.309 e. The van der Waals surface area contributed by atoms with Gasteiger partial charge in [-0.2, -0.15) is 0 Å². The lowest BCUT2D eigenvalue weighted by Crippen LogP contribution is -2.46. The Morgan fingerprint density at radius 2 is 1.95 bits per heavy atom. The molecule has 3 aliphatic carbocycles. The molecule has 0 spiro atoms. The molecule has 7 atom stereocenters. The molecule has 5 fully saturated rings. The van der Waals surface area contributed by atoms with E-state index in [4.69, 9.17) is 9.47 Å². The second-order valence-electron chi connectivity index (χ2n) is 8.01. The first-order chi connectivity index (χ1) is 10.6. The molecule has 0 radical (unpaired) electrons. The van der Waals surface area contributed by atoms with Crippen LogP contribution >= 0.6 is 0 Å². The van der Waals surface area contributed by atoms with Gasteiger partial charge in [-0.05, 0) is 50.4 Å². The van der Waals surface area contributed by atoms with E-state index in [1.54, 1.807) is 0 Å². The zero-order chi connectivity index (χ0) is 15.3. The molecule has 4 nitrogen and oxygen atoms in total. The molecular formula is C18H26O4. The summed E-state index contributed by atoms with van der Waals surface area (Å²) in [5.41, 5.74) is 0. The Morgan fingerprint density at radius 3 is 2.77 bits per heavy atom.